The molecule has 0 spiro atoms. The molecule has 0 atom stereocenters. The predicted molar refractivity (Wildman–Crippen MR) is 89.2 cm³/mol. The Labute approximate surface area is 144 Å². The molecule has 1 fully saturated rings. The number of carbonyl (C=O) groups is 1. The summed E-state index contributed by atoms with van der Waals surface area (Å²) in [4.78, 5) is 22.7. The van der Waals surface area contributed by atoms with Gasteiger partial charge in [0.2, 0.25) is 11.7 Å². The molecule has 2 aromatic heterocycles. The van der Waals surface area contributed by atoms with Crippen molar-refractivity contribution < 1.29 is 14.1 Å². The van der Waals surface area contributed by atoms with Crippen LogP contribution in [0.15, 0.2) is 53.3 Å². The molecule has 0 bridgehead atoms. The van der Waals surface area contributed by atoms with Crippen LogP contribution in [-0.4, -0.2) is 46.1 Å². The molecule has 25 heavy (non-hydrogen) atoms. The van der Waals surface area contributed by atoms with Crippen LogP contribution in [0.3, 0.4) is 0 Å². The van der Waals surface area contributed by atoms with Crippen molar-refractivity contribution in [1.29, 1.82) is 0 Å². The summed E-state index contributed by atoms with van der Waals surface area (Å²) in [5.41, 5.74) is 1.45. The van der Waals surface area contributed by atoms with Gasteiger partial charge in [-0.05, 0) is 36.4 Å². The van der Waals surface area contributed by atoms with E-state index in [0.29, 0.717) is 30.4 Å². The van der Waals surface area contributed by atoms with Crippen molar-refractivity contribution in [1.82, 2.24) is 20.0 Å². The number of hydrogen-bond acceptors (Lipinski definition) is 6. The van der Waals surface area contributed by atoms with Gasteiger partial charge in [0.25, 0.3) is 5.91 Å². The SMILES string of the molecule is COc1ccc(C(=O)N2CC(c3nc(-c4cccnc4)no3)C2)cc1. The average Bonchev–Trinajstić information content (AvgIpc) is 3.11. The maximum Gasteiger partial charge on any atom is 0.253 e. The highest BCUT2D eigenvalue weighted by atomic mass is 16.5. The molecule has 1 saturated heterocycles. The smallest absolute Gasteiger partial charge is 0.253 e. The number of nitrogens with zero attached hydrogens (tertiary/aromatic N) is 4. The molecular weight excluding hydrogens is 320 g/mol. The number of likely N-dealkylation sites (tertiary alicyclic amines) is 1. The third-order valence-corrected chi connectivity index (χ3v) is 4.22. The second-order valence-corrected chi connectivity index (χ2v) is 5.83. The molecular formula is C18H16N4O3. The summed E-state index contributed by atoms with van der Waals surface area (Å²) in [5, 5.41) is 3.99. The third kappa shape index (κ3) is 2.96. The Balaban J connectivity index is 1.40. The molecule has 7 nitrogen and oxygen atoms in total. The Morgan fingerprint density at radius 2 is 2.04 bits per heavy atom. The van der Waals surface area contributed by atoms with Crippen molar-refractivity contribution in [3.8, 4) is 17.1 Å². The largest absolute Gasteiger partial charge is 0.497 e. The molecule has 3 aromatic rings. The Morgan fingerprint density at radius 1 is 1.24 bits per heavy atom. The lowest BCUT2D eigenvalue weighted by atomic mass is 9.98. The van der Waals surface area contributed by atoms with Crippen LogP contribution in [-0.2, 0) is 0 Å². The van der Waals surface area contributed by atoms with E-state index in [1.54, 1.807) is 48.7 Å². The first kappa shape index (κ1) is 15.3. The van der Waals surface area contributed by atoms with Crippen LogP contribution in [0.5, 0.6) is 5.75 Å². The Morgan fingerprint density at radius 3 is 2.72 bits per heavy atom. The number of pyridine rings is 1. The maximum atomic E-state index is 12.4. The van der Waals surface area contributed by atoms with Gasteiger partial charge in [-0.2, -0.15) is 4.98 Å². The molecule has 0 aliphatic carbocycles. The summed E-state index contributed by atoms with van der Waals surface area (Å²) in [7, 11) is 1.60. The van der Waals surface area contributed by atoms with Gasteiger partial charge in [-0.3, -0.25) is 9.78 Å². The number of rotatable bonds is 4. The lowest BCUT2D eigenvalue weighted by Gasteiger charge is -2.37. The zero-order valence-corrected chi connectivity index (χ0v) is 13.6. The topological polar surface area (TPSA) is 81.4 Å². The molecule has 1 aliphatic rings. The molecule has 126 valence electrons. The van der Waals surface area contributed by atoms with Gasteiger partial charge in [-0.1, -0.05) is 5.16 Å². The zero-order chi connectivity index (χ0) is 17.2. The number of hydrogen-bond donors (Lipinski definition) is 0. The fourth-order valence-corrected chi connectivity index (χ4v) is 2.73. The lowest BCUT2D eigenvalue weighted by Crippen LogP contribution is -2.48. The van der Waals surface area contributed by atoms with Crippen LogP contribution in [0.1, 0.15) is 22.2 Å². The summed E-state index contributed by atoms with van der Waals surface area (Å²) in [5.74, 6) is 1.86. The van der Waals surface area contributed by atoms with Gasteiger partial charge in [-0.15, -0.1) is 0 Å². The number of amides is 1. The minimum absolute atomic E-state index is 0.00842. The maximum absolute atomic E-state index is 12.4. The van der Waals surface area contributed by atoms with Gasteiger partial charge < -0.3 is 14.2 Å². The molecule has 1 aliphatic heterocycles. The number of aromatic nitrogens is 3. The zero-order valence-electron chi connectivity index (χ0n) is 13.6. The fourth-order valence-electron chi connectivity index (χ4n) is 2.73. The van der Waals surface area contributed by atoms with Gasteiger partial charge in [0, 0.05) is 36.6 Å². The summed E-state index contributed by atoms with van der Waals surface area (Å²) in [6.45, 7) is 1.14. The standard InChI is InChI=1S/C18H16N4O3/c1-24-15-6-4-12(5-7-15)18(23)22-10-14(11-22)17-20-16(21-25-17)13-3-2-8-19-9-13/h2-9,14H,10-11H2,1H3. The molecule has 7 heteroatoms. The van der Waals surface area contributed by atoms with Gasteiger partial charge >= 0.3 is 0 Å². The van der Waals surface area contributed by atoms with E-state index in [9.17, 15) is 4.79 Å². The number of carbonyl (C=O) groups excluding carboxylic acids is 1. The monoisotopic (exact) mass is 336 g/mol. The van der Waals surface area contributed by atoms with Crippen LogP contribution in [0.2, 0.25) is 0 Å². The Bertz CT molecular complexity index is 871. The summed E-state index contributed by atoms with van der Waals surface area (Å²) in [6, 6.07) is 10.8. The minimum Gasteiger partial charge on any atom is -0.497 e. The second-order valence-electron chi connectivity index (χ2n) is 5.83. The molecule has 1 amide bonds. The molecule has 0 N–H and O–H groups in total. The van der Waals surface area contributed by atoms with E-state index in [1.807, 2.05) is 12.1 Å². The first-order chi connectivity index (χ1) is 12.2. The van der Waals surface area contributed by atoms with Crippen molar-refractivity contribution in [2.45, 2.75) is 5.92 Å². The molecule has 0 radical (unpaired) electrons. The average molecular weight is 336 g/mol. The van der Waals surface area contributed by atoms with Crippen LogP contribution in [0.4, 0.5) is 0 Å². The van der Waals surface area contributed by atoms with Crippen molar-refractivity contribution in [3.63, 3.8) is 0 Å². The first-order valence-corrected chi connectivity index (χ1v) is 7.92. The van der Waals surface area contributed by atoms with Crippen molar-refractivity contribution in [3.05, 3.63) is 60.2 Å². The highest BCUT2D eigenvalue weighted by Gasteiger charge is 2.36. The highest BCUT2D eigenvalue weighted by Crippen LogP contribution is 2.29. The van der Waals surface area contributed by atoms with E-state index in [2.05, 4.69) is 15.1 Å². The normalized spacial score (nSPS) is 14.2. The summed E-state index contributed by atoms with van der Waals surface area (Å²) in [6.07, 6.45) is 3.38. The minimum atomic E-state index is -0.00842. The van der Waals surface area contributed by atoms with Crippen molar-refractivity contribution in [2.75, 3.05) is 20.2 Å². The highest BCUT2D eigenvalue weighted by molar-refractivity contribution is 5.95. The molecule has 4 rings (SSSR count). The second kappa shape index (κ2) is 6.35. The van der Waals surface area contributed by atoms with E-state index in [1.165, 1.54) is 0 Å². The Kier molecular flexibility index (Phi) is 3.89. The van der Waals surface area contributed by atoms with E-state index in [4.69, 9.17) is 9.26 Å². The number of methoxy groups -OCH3 is 1. The third-order valence-electron chi connectivity index (χ3n) is 4.22. The van der Waals surface area contributed by atoms with Crippen LogP contribution in [0, 0.1) is 0 Å². The van der Waals surface area contributed by atoms with Crippen LogP contribution >= 0.6 is 0 Å². The van der Waals surface area contributed by atoms with E-state index in [0.717, 1.165) is 11.3 Å². The van der Waals surface area contributed by atoms with Gasteiger partial charge in [0.05, 0.1) is 13.0 Å². The van der Waals surface area contributed by atoms with E-state index >= 15 is 0 Å². The summed E-state index contributed by atoms with van der Waals surface area (Å²) >= 11 is 0. The van der Waals surface area contributed by atoms with Gasteiger partial charge in [-0.25, -0.2) is 0 Å². The Hall–Kier alpha value is -3.22. The number of benzene rings is 1. The molecule has 0 saturated carbocycles. The van der Waals surface area contributed by atoms with Gasteiger partial charge in [0.15, 0.2) is 0 Å². The molecule has 1 aromatic carbocycles. The van der Waals surface area contributed by atoms with E-state index in [-0.39, 0.29) is 11.8 Å². The first-order valence-electron chi connectivity index (χ1n) is 7.92. The quantitative estimate of drug-likeness (QED) is 0.727. The van der Waals surface area contributed by atoms with Gasteiger partial charge in [0.1, 0.15) is 5.75 Å². The van der Waals surface area contributed by atoms with E-state index < -0.39 is 0 Å². The molecule has 0 unspecified atom stereocenters. The summed E-state index contributed by atoms with van der Waals surface area (Å²) < 4.78 is 10.5. The molecule has 3 heterocycles. The van der Waals surface area contributed by atoms with Crippen LogP contribution < -0.4 is 4.74 Å². The fraction of sp³-hybridized carbons (Fsp3) is 0.222. The van der Waals surface area contributed by atoms with Crippen molar-refractivity contribution >= 4 is 5.91 Å². The predicted octanol–water partition coefficient (Wildman–Crippen LogP) is 2.38. The lowest BCUT2D eigenvalue weighted by molar-refractivity contribution is 0.0569. The number of ether oxygens (including phenoxy) is 1. The van der Waals surface area contributed by atoms with Crippen LogP contribution in [0.25, 0.3) is 11.4 Å². The van der Waals surface area contributed by atoms with Crippen molar-refractivity contribution in [2.24, 2.45) is 0 Å².